The summed E-state index contributed by atoms with van der Waals surface area (Å²) in [5, 5.41) is 0. The molecule has 1 aliphatic heterocycles. The molecule has 0 amide bonds. The predicted octanol–water partition coefficient (Wildman–Crippen LogP) is 4.86. The molecule has 33 heavy (non-hydrogen) atoms. The number of hydrogen-bond acceptors (Lipinski definition) is 7. The molecule has 0 bridgehead atoms. The number of hydrogen-bond donors (Lipinski definition) is 0. The van der Waals surface area contributed by atoms with Crippen LogP contribution in [0.3, 0.4) is 0 Å². The van der Waals surface area contributed by atoms with E-state index in [0.29, 0.717) is 39.7 Å². The fraction of sp³-hybridized carbons (Fsp3) is 0.154. The molecule has 0 aromatic heterocycles. The van der Waals surface area contributed by atoms with Crippen molar-refractivity contribution in [3.05, 3.63) is 82.6 Å². The van der Waals surface area contributed by atoms with Crippen LogP contribution in [-0.4, -0.2) is 33.1 Å². The summed E-state index contributed by atoms with van der Waals surface area (Å²) in [7, 11) is 4.53. The lowest BCUT2D eigenvalue weighted by Gasteiger charge is -2.14. The maximum Gasteiger partial charge on any atom is 0.343 e. The summed E-state index contributed by atoms with van der Waals surface area (Å²) in [5.41, 5.74) is 2.34. The minimum Gasteiger partial charge on any atom is -0.493 e. The van der Waals surface area contributed by atoms with Crippen molar-refractivity contribution in [3.63, 3.8) is 0 Å². The normalized spacial score (nSPS) is 13.3. The molecular formula is C26H22O7. The van der Waals surface area contributed by atoms with E-state index in [1.165, 1.54) is 27.4 Å². The number of carbonyl (C=O) groups is 2. The number of esters is 1. The Morgan fingerprint density at radius 3 is 2.39 bits per heavy atom. The van der Waals surface area contributed by atoms with E-state index in [2.05, 4.69) is 0 Å². The van der Waals surface area contributed by atoms with Gasteiger partial charge in [-0.2, -0.15) is 0 Å². The number of benzene rings is 3. The minimum absolute atomic E-state index is 0.109. The first-order valence-electron chi connectivity index (χ1n) is 10.1. The third kappa shape index (κ3) is 4.25. The van der Waals surface area contributed by atoms with Crippen molar-refractivity contribution >= 4 is 17.8 Å². The highest BCUT2D eigenvalue weighted by atomic mass is 16.5. The summed E-state index contributed by atoms with van der Waals surface area (Å²) in [5.74, 6) is 1.22. The molecule has 0 fully saturated rings. The van der Waals surface area contributed by atoms with Gasteiger partial charge in [-0.05, 0) is 49.4 Å². The lowest BCUT2D eigenvalue weighted by molar-refractivity contribution is 0.0734. The fourth-order valence-corrected chi connectivity index (χ4v) is 3.55. The van der Waals surface area contributed by atoms with Crippen molar-refractivity contribution in [1.82, 2.24) is 0 Å². The summed E-state index contributed by atoms with van der Waals surface area (Å²) >= 11 is 0. The fourth-order valence-electron chi connectivity index (χ4n) is 3.55. The van der Waals surface area contributed by atoms with E-state index in [1.54, 1.807) is 48.5 Å². The third-order valence-corrected chi connectivity index (χ3v) is 5.13. The highest BCUT2D eigenvalue weighted by Gasteiger charge is 2.29. The SMILES string of the molecule is COc1ccc(/C=C2\Oc3cc(OC(=O)c4cccc(C)c4)ccc3C2=O)c(OC)c1OC. The van der Waals surface area contributed by atoms with Gasteiger partial charge in [0.05, 0.1) is 32.5 Å². The van der Waals surface area contributed by atoms with Crippen LogP contribution >= 0.6 is 0 Å². The Morgan fingerprint density at radius 2 is 1.70 bits per heavy atom. The Kier molecular flexibility index (Phi) is 6.04. The zero-order valence-electron chi connectivity index (χ0n) is 18.6. The van der Waals surface area contributed by atoms with Gasteiger partial charge in [0, 0.05) is 11.6 Å². The third-order valence-electron chi connectivity index (χ3n) is 5.13. The van der Waals surface area contributed by atoms with Gasteiger partial charge in [-0.15, -0.1) is 0 Å². The summed E-state index contributed by atoms with van der Waals surface area (Å²) in [4.78, 5) is 25.3. The maximum absolute atomic E-state index is 12.9. The zero-order valence-corrected chi connectivity index (χ0v) is 18.6. The number of ether oxygens (including phenoxy) is 5. The topological polar surface area (TPSA) is 80.3 Å². The standard InChI is InChI=1S/C26H22O7/c1-15-6-5-7-17(12-15)26(28)32-18-9-10-19-21(14-18)33-22(23(19)27)13-16-8-11-20(29-2)25(31-4)24(16)30-3/h5-14H,1-4H3/b22-13-. The van der Waals surface area contributed by atoms with Crippen molar-refractivity contribution in [2.75, 3.05) is 21.3 Å². The Labute approximate surface area is 191 Å². The quantitative estimate of drug-likeness (QED) is 0.304. The molecule has 0 radical (unpaired) electrons. The van der Waals surface area contributed by atoms with Crippen LogP contribution in [-0.2, 0) is 0 Å². The van der Waals surface area contributed by atoms with E-state index >= 15 is 0 Å². The zero-order chi connectivity index (χ0) is 23.5. The maximum atomic E-state index is 12.9. The lowest BCUT2D eigenvalue weighted by Crippen LogP contribution is -2.08. The van der Waals surface area contributed by atoms with E-state index in [4.69, 9.17) is 23.7 Å². The van der Waals surface area contributed by atoms with Gasteiger partial charge in [0.15, 0.2) is 17.3 Å². The second-order valence-electron chi connectivity index (χ2n) is 7.28. The van der Waals surface area contributed by atoms with Crippen molar-refractivity contribution < 1.29 is 33.3 Å². The van der Waals surface area contributed by atoms with Crippen molar-refractivity contribution in [2.24, 2.45) is 0 Å². The number of methoxy groups -OCH3 is 3. The number of rotatable bonds is 6. The van der Waals surface area contributed by atoms with Crippen LogP contribution in [0, 0.1) is 6.92 Å². The molecule has 7 nitrogen and oxygen atoms in total. The first-order chi connectivity index (χ1) is 15.9. The number of allylic oxidation sites excluding steroid dienone is 1. The molecule has 0 saturated heterocycles. The van der Waals surface area contributed by atoms with Crippen LogP contribution in [0.15, 0.2) is 60.4 Å². The molecule has 7 heteroatoms. The van der Waals surface area contributed by atoms with E-state index < -0.39 is 5.97 Å². The largest absolute Gasteiger partial charge is 0.493 e. The first-order valence-corrected chi connectivity index (χ1v) is 10.1. The van der Waals surface area contributed by atoms with Gasteiger partial charge in [0.1, 0.15) is 11.5 Å². The average Bonchev–Trinajstić information content (AvgIpc) is 3.12. The van der Waals surface area contributed by atoms with E-state index in [-0.39, 0.29) is 17.3 Å². The average molecular weight is 446 g/mol. The first kappa shape index (κ1) is 22.0. The molecule has 0 aliphatic carbocycles. The second kappa shape index (κ2) is 9.08. The van der Waals surface area contributed by atoms with Gasteiger partial charge in [0.25, 0.3) is 0 Å². The molecule has 0 N–H and O–H groups in total. The van der Waals surface area contributed by atoms with Gasteiger partial charge >= 0.3 is 5.97 Å². The monoisotopic (exact) mass is 446 g/mol. The number of ketones is 1. The van der Waals surface area contributed by atoms with Gasteiger partial charge in [-0.25, -0.2) is 4.79 Å². The number of Topliss-reactive ketones (excluding diaryl/α,β-unsaturated/α-hetero) is 1. The van der Waals surface area contributed by atoms with E-state index in [1.807, 2.05) is 13.0 Å². The van der Waals surface area contributed by atoms with Crippen LogP contribution in [0.4, 0.5) is 0 Å². The molecular weight excluding hydrogens is 424 g/mol. The molecule has 4 rings (SSSR count). The van der Waals surface area contributed by atoms with Crippen LogP contribution in [0.5, 0.6) is 28.7 Å². The predicted molar refractivity (Wildman–Crippen MR) is 122 cm³/mol. The number of aryl methyl sites for hydroxylation is 1. The van der Waals surface area contributed by atoms with Crippen molar-refractivity contribution in [1.29, 1.82) is 0 Å². The van der Waals surface area contributed by atoms with E-state index in [0.717, 1.165) is 5.56 Å². The summed E-state index contributed by atoms with van der Waals surface area (Å²) < 4.78 is 27.4. The molecule has 0 atom stereocenters. The molecule has 3 aromatic rings. The highest BCUT2D eigenvalue weighted by Crippen LogP contribution is 2.42. The molecule has 0 saturated carbocycles. The van der Waals surface area contributed by atoms with Crippen LogP contribution < -0.4 is 23.7 Å². The molecule has 0 spiro atoms. The lowest BCUT2D eigenvalue weighted by atomic mass is 10.1. The molecule has 3 aromatic carbocycles. The molecule has 1 aliphatic rings. The summed E-state index contributed by atoms with van der Waals surface area (Å²) in [6.45, 7) is 1.90. The van der Waals surface area contributed by atoms with Gasteiger partial charge in [-0.1, -0.05) is 17.7 Å². The summed E-state index contributed by atoms with van der Waals surface area (Å²) in [6.07, 6.45) is 1.57. The molecule has 168 valence electrons. The van der Waals surface area contributed by atoms with Crippen LogP contribution in [0.25, 0.3) is 6.08 Å². The Hall–Kier alpha value is -4.26. The summed E-state index contributed by atoms with van der Waals surface area (Å²) in [6, 6.07) is 15.2. The van der Waals surface area contributed by atoms with Crippen LogP contribution in [0.2, 0.25) is 0 Å². The van der Waals surface area contributed by atoms with E-state index in [9.17, 15) is 9.59 Å². The van der Waals surface area contributed by atoms with Crippen LogP contribution in [0.1, 0.15) is 31.8 Å². The molecule has 1 heterocycles. The number of carbonyl (C=O) groups excluding carboxylic acids is 2. The van der Waals surface area contributed by atoms with Crippen molar-refractivity contribution in [2.45, 2.75) is 6.92 Å². The Balaban J connectivity index is 1.61. The number of fused-ring (bicyclic) bond motifs is 1. The Bertz CT molecular complexity index is 1270. The highest BCUT2D eigenvalue weighted by molar-refractivity contribution is 6.14. The second-order valence-corrected chi connectivity index (χ2v) is 7.28. The smallest absolute Gasteiger partial charge is 0.343 e. The Morgan fingerprint density at radius 1 is 0.909 bits per heavy atom. The molecule has 0 unspecified atom stereocenters. The van der Waals surface area contributed by atoms with Gasteiger partial charge < -0.3 is 23.7 Å². The van der Waals surface area contributed by atoms with Gasteiger partial charge in [0.2, 0.25) is 11.5 Å². The van der Waals surface area contributed by atoms with Gasteiger partial charge in [-0.3, -0.25) is 4.79 Å². The van der Waals surface area contributed by atoms with Crippen molar-refractivity contribution in [3.8, 4) is 28.7 Å². The minimum atomic E-state index is -0.492.